The van der Waals surface area contributed by atoms with Crippen molar-refractivity contribution in [3.05, 3.63) is 59.7 Å². The number of aliphatic hydroxyl groups is 1. The number of para-hydroxylation sites is 1. The average molecular weight is 329 g/mol. The van der Waals surface area contributed by atoms with E-state index in [2.05, 4.69) is 24.0 Å². The van der Waals surface area contributed by atoms with Crippen LogP contribution in [-0.2, 0) is 13.1 Å². The van der Waals surface area contributed by atoms with Gasteiger partial charge in [0.2, 0.25) is 0 Å². The summed E-state index contributed by atoms with van der Waals surface area (Å²) in [4.78, 5) is 2.41. The zero-order valence-corrected chi connectivity index (χ0v) is 14.6. The first-order chi connectivity index (χ1) is 11.8. The fourth-order valence-corrected chi connectivity index (χ4v) is 2.76. The highest BCUT2D eigenvalue weighted by atomic mass is 16.5. The van der Waals surface area contributed by atoms with Gasteiger partial charge in [0.15, 0.2) is 0 Å². The van der Waals surface area contributed by atoms with Gasteiger partial charge in [-0.15, -0.1) is 0 Å². The number of hydrogen-bond acceptors (Lipinski definition) is 4. The second kappa shape index (κ2) is 9.96. The van der Waals surface area contributed by atoms with Crippen LogP contribution in [0.15, 0.2) is 48.5 Å². The largest absolute Gasteiger partial charge is 0.496 e. The molecule has 0 radical (unpaired) electrons. The molecule has 0 aliphatic rings. The van der Waals surface area contributed by atoms with Gasteiger partial charge < -0.3 is 14.6 Å². The van der Waals surface area contributed by atoms with Crippen molar-refractivity contribution in [1.29, 1.82) is 0 Å². The Hall–Kier alpha value is -2.04. The summed E-state index contributed by atoms with van der Waals surface area (Å²) in [7, 11) is 1.71. The number of nitrogens with zero attached hydrogens (tertiary/aromatic N) is 1. The highest BCUT2D eigenvalue weighted by molar-refractivity contribution is 5.33. The van der Waals surface area contributed by atoms with Crippen LogP contribution in [-0.4, -0.2) is 36.9 Å². The molecule has 0 spiro atoms. The summed E-state index contributed by atoms with van der Waals surface area (Å²) in [5.74, 6) is 1.73. The standard InChI is InChI=1S/C20H27NO3/c1-3-11-21(16-18-8-4-5-10-20(18)23-2)15-17-7-6-9-19(14-17)24-13-12-22/h4-10,14,22H,3,11-13,15-16H2,1-2H3. The van der Waals surface area contributed by atoms with Gasteiger partial charge in [-0.3, -0.25) is 4.90 Å². The molecule has 2 aromatic carbocycles. The molecule has 0 unspecified atom stereocenters. The Kier molecular flexibility index (Phi) is 7.59. The third-order valence-electron chi connectivity index (χ3n) is 3.79. The van der Waals surface area contributed by atoms with Gasteiger partial charge in [-0.05, 0) is 36.7 Å². The minimum atomic E-state index is 0.0278. The molecule has 0 fully saturated rings. The van der Waals surface area contributed by atoms with E-state index in [0.717, 1.165) is 37.6 Å². The minimum Gasteiger partial charge on any atom is -0.496 e. The molecule has 0 atom stereocenters. The topological polar surface area (TPSA) is 41.9 Å². The smallest absolute Gasteiger partial charge is 0.123 e. The van der Waals surface area contributed by atoms with Crippen LogP contribution in [0.25, 0.3) is 0 Å². The van der Waals surface area contributed by atoms with Crippen molar-refractivity contribution in [1.82, 2.24) is 4.90 Å². The summed E-state index contributed by atoms with van der Waals surface area (Å²) in [6.45, 7) is 5.25. The maximum atomic E-state index is 8.88. The molecule has 0 bridgehead atoms. The molecule has 1 N–H and O–H groups in total. The van der Waals surface area contributed by atoms with Crippen LogP contribution in [0.1, 0.15) is 24.5 Å². The molecule has 0 aromatic heterocycles. The lowest BCUT2D eigenvalue weighted by Gasteiger charge is -2.23. The molecule has 2 aromatic rings. The Bertz CT molecular complexity index is 615. The van der Waals surface area contributed by atoms with E-state index in [1.54, 1.807) is 7.11 Å². The maximum Gasteiger partial charge on any atom is 0.123 e. The van der Waals surface area contributed by atoms with E-state index in [9.17, 15) is 0 Å². The van der Waals surface area contributed by atoms with E-state index in [-0.39, 0.29) is 6.61 Å². The summed E-state index contributed by atoms with van der Waals surface area (Å²) >= 11 is 0. The molecule has 130 valence electrons. The highest BCUT2D eigenvalue weighted by Gasteiger charge is 2.10. The summed E-state index contributed by atoms with van der Waals surface area (Å²) in [6, 6.07) is 16.2. The molecule has 24 heavy (non-hydrogen) atoms. The van der Waals surface area contributed by atoms with Crippen LogP contribution in [0.2, 0.25) is 0 Å². The third-order valence-corrected chi connectivity index (χ3v) is 3.79. The normalized spacial score (nSPS) is 10.8. The number of methoxy groups -OCH3 is 1. The Morgan fingerprint density at radius 1 is 1.04 bits per heavy atom. The van der Waals surface area contributed by atoms with Crippen molar-refractivity contribution in [2.75, 3.05) is 26.9 Å². The second-order valence-electron chi connectivity index (χ2n) is 5.74. The highest BCUT2D eigenvalue weighted by Crippen LogP contribution is 2.21. The van der Waals surface area contributed by atoms with Crippen molar-refractivity contribution in [3.63, 3.8) is 0 Å². The van der Waals surface area contributed by atoms with E-state index in [1.807, 2.05) is 36.4 Å². The van der Waals surface area contributed by atoms with E-state index in [0.29, 0.717) is 6.61 Å². The van der Waals surface area contributed by atoms with Gasteiger partial charge in [0.1, 0.15) is 18.1 Å². The van der Waals surface area contributed by atoms with Crippen LogP contribution < -0.4 is 9.47 Å². The predicted octanol–water partition coefficient (Wildman–Crippen LogP) is 3.48. The van der Waals surface area contributed by atoms with Gasteiger partial charge in [0.25, 0.3) is 0 Å². The van der Waals surface area contributed by atoms with Gasteiger partial charge >= 0.3 is 0 Å². The Morgan fingerprint density at radius 2 is 1.88 bits per heavy atom. The monoisotopic (exact) mass is 329 g/mol. The van der Waals surface area contributed by atoms with Crippen molar-refractivity contribution in [3.8, 4) is 11.5 Å². The van der Waals surface area contributed by atoms with Crippen molar-refractivity contribution in [2.45, 2.75) is 26.4 Å². The Morgan fingerprint density at radius 3 is 2.62 bits per heavy atom. The molecule has 4 nitrogen and oxygen atoms in total. The van der Waals surface area contributed by atoms with Crippen LogP contribution in [0, 0.1) is 0 Å². The van der Waals surface area contributed by atoms with Crippen molar-refractivity contribution >= 4 is 0 Å². The van der Waals surface area contributed by atoms with Gasteiger partial charge in [-0.25, -0.2) is 0 Å². The zero-order chi connectivity index (χ0) is 17.2. The number of rotatable bonds is 10. The van der Waals surface area contributed by atoms with Gasteiger partial charge in [-0.1, -0.05) is 37.3 Å². The summed E-state index contributed by atoms with van der Waals surface area (Å²) < 4.78 is 11.0. The van der Waals surface area contributed by atoms with Crippen LogP contribution in [0.4, 0.5) is 0 Å². The molecule has 0 heterocycles. The second-order valence-corrected chi connectivity index (χ2v) is 5.74. The molecule has 0 saturated heterocycles. The summed E-state index contributed by atoms with van der Waals surface area (Å²) in [6.07, 6.45) is 1.09. The van der Waals surface area contributed by atoms with Gasteiger partial charge in [0.05, 0.1) is 13.7 Å². The summed E-state index contributed by atoms with van der Waals surface area (Å²) in [5, 5.41) is 8.88. The van der Waals surface area contributed by atoms with Crippen LogP contribution in [0.3, 0.4) is 0 Å². The Balaban J connectivity index is 2.08. The lowest BCUT2D eigenvalue weighted by Crippen LogP contribution is -2.24. The van der Waals surface area contributed by atoms with Gasteiger partial charge in [-0.2, -0.15) is 0 Å². The molecular weight excluding hydrogens is 302 g/mol. The number of hydrogen-bond donors (Lipinski definition) is 1. The molecule has 0 amide bonds. The average Bonchev–Trinajstić information content (AvgIpc) is 2.61. The lowest BCUT2D eigenvalue weighted by molar-refractivity contribution is 0.201. The minimum absolute atomic E-state index is 0.0278. The maximum absolute atomic E-state index is 8.88. The van der Waals surface area contributed by atoms with Crippen LogP contribution in [0.5, 0.6) is 11.5 Å². The van der Waals surface area contributed by atoms with Crippen LogP contribution >= 0.6 is 0 Å². The first kappa shape index (κ1) is 18.3. The predicted molar refractivity (Wildman–Crippen MR) is 96.4 cm³/mol. The molecule has 2 rings (SSSR count). The third kappa shape index (κ3) is 5.55. The molecule has 4 heteroatoms. The van der Waals surface area contributed by atoms with Gasteiger partial charge in [0, 0.05) is 18.7 Å². The lowest BCUT2D eigenvalue weighted by atomic mass is 10.1. The number of aliphatic hydroxyl groups excluding tert-OH is 1. The molecule has 0 aliphatic carbocycles. The van der Waals surface area contributed by atoms with E-state index in [4.69, 9.17) is 14.6 Å². The Labute approximate surface area is 144 Å². The fourth-order valence-electron chi connectivity index (χ4n) is 2.76. The first-order valence-corrected chi connectivity index (χ1v) is 8.43. The SMILES string of the molecule is CCCN(Cc1cccc(OCCO)c1)Cc1ccccc1OC. The van der Waals surface area contributed by atoms with E-state index < -0.39 is 0 Å². The fraction of sp³-hybridized carbons (Fsp3) is 0.400. The quantitative estimate of drug-likeness (QED) is 0.725. The molecule has 0 aliphatic heterocycles. The van der Waals surface area contributed by atoms with Crippen molar-refractivity contribution < 1.29 is 14.6 Å². The summed E-state index contributed by atoms with van der Waals surface area (Å²) in [5.41, 5.74) is 2.40. The number of benzene rings is 2. The number of ether oxygens (including phenoxy) is 2. The first-order valence-electron chi connectivity index (χ1n) is 8.43. The van der Waals surface area contributed by atoms with Crippen molar-refractivity contribution in [2.24, 2.45) is 0 Å². The van der Waals surface area contributed by atoms with E-state index >= 15 is 0 Å². The zero-order valence-electron chi connectivity index (χ0n) is 14.6. The molecular formula is C20H27NO3. The molecule has 0 saturated carbocycles. The van der Waals surface area contributed by atoms with E-state index in [1.165, 1.54) is 11.1 Å².